The van der Waals surface area contributed by atoms with E-state index in [2.05, 4.69) is 23.2 Å². The third kappa shape index (κ3) is 5.05. The predicted octanol–water partition coefficient (Wildman–Crippen LogP) is 4.93. The molecule has 31 heavy (non-hydrogen) atoms. The van der Waals surface area contributed by atoms with Gasteiger partial charge >= 0.3 is 0 Å². The molecule has 0 aromatic heterocycles. The summed E-state index contributed by atoms with van der Waals surface area (Å²) in [4.78, 5) is 29.1. The molecule has 0 bridgehead atoms. The first-order valence-corrected chi connectivity index (χ1v) is 11.1. The van der Waals surface area contributed by atoms with Gasteiger partial charge in [0.25, 0.3) is 5.91 Å². The molecule has 1 aliphatic rings. The monoisotopic (exact) mass is 415 g/mol. The van der Waals surface area contributed by atoms with Gasteiger partial charge in [-0.05, 0) is 53.6 Å². The summed E-state index contributed by atoms with van der Waals surface area (Å²) in [7, 11) is 0. The van der Waals surface area contributed by atoms with Crippen LogP contribution >= 0.6 is 0 Å². The van der Waals surface area contributed by atoms with Gasteiger partial charge in [-0.15, -0.1) is 0 Å². The normalized spacial score (nSPS) is 14.0. The number of hydrogen-bond acceptors (Lipinski definition) is 3. The van der Waals surface area contributed by atoms with Crippen LogP contribution in [0.3, 0.4) is 0 Å². The molecule has 0 aliphatic carbocycles. The van der Waals surface area contributed by atoms with Crippen molar-refractivity contribution in [3.63, 3.8) is 0 Å². The van der Waals surface area contributed by atoms with E-state index in [4.69, 9.17) is 0 Å². The quantitative estimate of drug-likeness (QED) is 0.621. The molecule has 4 rings (SSSR count). The largest absolute Gasteiger partial charge is 0.368 e. The molecule has 1 N–H and O–H groups in total. The Labute approximate surface area is 183 Å². The zero-order valence-corrected chi connectivity index (χ0v) is 18.0. The summed E-state index contributed by atoms with van der Waals surface area (Å²) < 4.78 is 0. The molecule has 1 fully saturated rings. The Bertz CT molecular complexity index is 1050. The lowest BCUT2D eigenvalue weighted by atomic mass is 10.1. The number of benzene rings is 3. The number of unbranched alkanes of at least 4 members (excludes halogenated alkanes) is 1. The van der Waals surface area contributed by atoms with E-state index >= 15 is 0 Å². The molecule has 160 valence electrons. The Hall–Kier alpha value is -3.34. The molecular formula is C26H29N3O2. The maximum absolute atomic E-state index is 13.0. The van der Waals surface area contributed by atoms with Crippen molar-refractivity contribution in [2.75, 3.05) is 36.4 Å². The van der Waals surface area contributed by atoms with E-state index in [1.807, 2.05) is 65.6 Å². The highest BCUT2D eigenvalue weighted by molar-refractivity contribution is 5.98. The van der Waals surface area contributed by atoms with E-state index in [0.29, 0.717) is 19.5 Å². The zero-order chi connectivity index (χ0) is 21.6. The number of fused-ring (bicyclic) bond motifs is 1. The number of carbonyl (C=O) groups is 2. The second-order valence-corrected chi connectivity index (χ2v) is 8.04. The summed E-state index contributed by atoms with van der Waals surface area (Å²) >= 11 is 0. The molecule has 2 amide bonds. The van der Waals surface area contributed by atoms with Crippen LogP contribution < -0.4 is 10.2 Å². The highest BCUT2D eigenvalue weighted by atomic mass is 16.2. The molecule has 0 saturated carbocycles. The molecule has 5 nitrogen and oxygen atoms in total. The predicted molar refractivity (Wildman–Crippen MR) is 127 cm³/mol. The summed E-state index contributed by atoms with van der Waals surface area (Å²) in [6.07, 6.45) is 2.49. The molecule has 3 aromatic carbocycles. The summed E-state index contributed by atoms with van der Waals surface area (Å²) in [6, 6.07) is 22.0. The smallest absolute Gasteiger partial charge is 0.253 e. The molecule has 0 radical (unpaired) electrons. The van der Waals surface area contributed by atoms with E-state index in [0.717, 1.165) is 53.6 Å². The first kappa shape index (κ1) is 20.9. The summed E-state index contributed by atoms with van der Waals surface area (Å²) in [5.74, 6) is 0.158. The van der Waals surface area contributed by atoms with E-state index in [1.165, 1.54) is 0 Å². The molecule has 1 heterocycles. The van der Waals surface area contributed by atoms with Crippen molar-refractivity contribution in [1.29, 1.82) is 0 Å². The van der Waals surface area contributed by atoms with Crippen LogP contribution in [0.4, 0.5) is 11.4 Å². The number of amides is 2. The number of hydrogen-bond donors (Lipinski definition) is 1. The van der Waals surface area contributed by atoms with Crippen molar-refractivity contribution in [2.24, 2.45) is 0 Å². The number of nitrogens with zero attached hydrogens (tertiary/aromatic N) is 2. The summed E-state index contributed by atoms with van der Waals surface area (Å²) in [5, 5.41) is 5.19. The van der Waals surface area contributed by atoms with Crippen LogP contribution in [0.5, 0.6) is 0 Å². The van der Waals surface area contributed by atoms with Crippen LogP contribution in [-0.2, 0) is 4.79 Å². The van der Waals surface area contributed by atoms with Gasteiger partial charge < -0.3 is 15.1 Å². The second kappa shape index (κ2) is 9.65. The Morgan fingerprint density at radius 3 is 2.29 bits per heavy atom. The average molecular weight is 416 g/mol. The van der Waals surface area contributed by atoms with Crippen molar-refractivity contribution >= 4 is 34.0 Å². The van der Waals surface area contributed by atoms with Crippen molar-refractivity contribution < 1.29 is 9.59 Å². The fraction of sp³-hybridized carbons (Fsp3) is 0.308. The van der Waals surface area contributed by atoms with Gasteiger partial charge in [-0.25, -0.2) is 0 Å². The minimum absolute atomic E-state index is 0.0652. The first-order chi connectivity index (χ1) is 15.1. The van der Waals surface area contributed by atoms with Crippen LogP contribution in [0.25, 0.3) is 10.8 Å². The first-order valence-electron chi connectivity index (χ1n) is 11.1. The highest BCUT2D eigenvalue weighted by Gasteiger charge is 2.22. The van der Waals surface area contributed by atoms with E-state index < -0.39 is 0 Å². The van der Waals surface area contributed by atoms with Crippen molar-refractivity contribution in [3.8, 4) is 0 Å². The third-order valence-corrected chi connectivity index (χ3v) is 5.84. The van der Waals surface area contributed by atoms with Crippen LogP contribution in [-0.4, -0.2) is 42.9 Å². The lowest BCUT2D eigenvalue weighted by molar-refractivity contribution is -0.116. The molecule has 5 heteroatoms. The summed E-state index contributed by atoms with van der Waals surface area (Å²) in [5.41, 5.74) is 2.69. The lowest BCUT2D eigenvalue weighted by Crippen LogP contribution is -2.48. The number of nitrogens with one attached hydrogen (secondary N) is 1. The standard InChI is InChI=1S/C26H29N3O2/c1-2-3-8-25(30)27-23-11-13-24(14-12-23)28-15-17-29(18-16-28)26(31)22-10-9-20-6-4-5-7-21(20)19-22/h4-7,9-14,19H,2-3,8,15-18H2,1H3,(H,27,30). The van der Waals surface area contributed by atoms with Crippen molar-refractivity contribution in [1.82, 2.24) is 4.90 Å². The molecule has 1 saturated heterocycles. The van der Waals surface area contributed by atoms with Crippen LogP contribution in [0.15, 0.2) is 66.7 Å². The van der Waals surface area contributed by atoms with Crippen LogP contribution in [0.1, 0.15) is 36.5 Å². The number of rotatable bonds is 6. The van der Waals surface area contributed by atoms with Gasteiger partial charge in [0.1, 0.15) is 0 Å². The molecule has 3 aromatic rings. The van der Waals surface area contributed by atoms with Gasteiger partial charge in [0.05, 0.1) is 0 Å². The second-order valence-electron chi connectivity index (χ2n) is 8.04. The zero-order valence-electron chi connectivity index (χ0n) is 18.0. The maximum atomic E-state index is 13.0. The van der Waals surface area contributed by atoms with Crippen molar-refractivity contribution in [2.45, 2.75) is 26.2 Å². The topological polar surface area (TPSA) is 52.7 Å². The van der Waals surface area contributed by atoms with E-state index in [1.54, 1.807) is 0 Å². The van der Waals surface area contributed by atoms with Gasteiger partial charge in [0.2, 0.25) is 5.91 Å². The lowest BCUT2D eigenvalue weighted by Gasteiger charge is -2.36. The minimum Gasteiger partial charge on any atom is -0.368 e. The number of anilines is 2. The average Bonchev–Trinajstić information content (AvgIpc) is 2.82. The fourth-order valence-electron chi connectivity index (χ4n) is 3.99. The molecule has 0 spiro atoms. The fourth-order valence-corrected chi connectivity index (χ4v) is 3.99. The van der Waals surface area contributed by atoms with Gasteiger partial charge in [-0.3, -0.25) is 9.59 Å². The molecule has 0 unspecified atom stereocenters. The van der Waals surface area contributed by atoms with Crippen LogP contribution in [0.2, 0.25) is 0 Å². The van der Waals surface area contributed by atoms with Gasteiger partial charge in [-0.1, -0.05) is 43.7 Å². The molecule has 0 atom stereocenters. The number of piperazine rings is 1. The van der Waals surface area contributed by atoms with Gasteiger partial charge in [-0.2, -0.15) is 0 Å². The Morgan fingerprint density at radius 1 is 0.871 bits per heavy atom. The molecule has 1 aliphatic heterocycles. The van der Waals surface area contributed by atoms with E-state index in [-0.39, 0.29) is 11.8 Å². The van der Waals surface area contributed by atoms with Crippen LogP contribution in [0, 0.1) is 0 Å². The van der Waals surface area contributed by atoms with Crippen molar-refractivity contribution in [3.05, 3.63) is 72.3 Å². The third-order valence-electron chi connectivity index (χ3n) is 5.84. The minimum atomic E-state index is 0.0652. The Morgan fingerprint density at radius 2 is 1.58 bits per heavy atom. The SMILES string of the molecule is CCCCC(=O)Nc1ccc(N2CCN(C(=O)c3ccc4ccccc4c3)CC2)cc1. The van der Waals surface area contributed by atoms with Gasteiger partial charge in [0.15, 0.2) is 0 Å². The maximum Gasteiger partial charge on any atom is 0.253 e. The van der Waals surface area contributed by atoms with E-state index in [9.17, 15) is 9.59 Å². The highest BCUT2D eigenvalue weighted by Crippen LogP contribution is 2.22. The number of carbonyl (C=O) groups excluding carboxylic acids is 2. The summed E-state index contributed by atoms with van der Waals surface area (Å²) in [6.45, 7) is 5.06. The van der Waals surface area contributed by atoms with Gasteiger partial charge in [0, 0.05) is 49.5 Å². The molecular weight excluding hydrogens is 386 g/mol. The Balaban J connectivity index is 1.33. The Kier molecular flexibility index (Phi) is 6.51.